The van der Waals surface area contributed by atoms with Gasteiger partial charge >= 0.3 is 12.0 Å². The lowest BCUT2D eigenvalue weighted by atomic mass is 9.61. The first kappa shape index (κ1) is 13.9. The first-order valence-electron chi connectivity index (χ1n) is 7.44. The molecule has 0 aromatic heterocycles. The number of carbonyl (C=O) groups excluding carboxylic acids is 1. The molecule has 0 radical (unpaired) electrons. The second-order valence-corrected chi connectivity index (χ2v) is 6.02. The number of rotatable bonds is 3. The minimum Gasteiger partial charge on any atom is -0.481 e. The summed E-state index contributed by atoms with van der Waals surface area (Å²) in [7, 11) is 0. The van der Waals surface area contributed by atoms with E-state index in [9.17, 15) is 9.59 Å². The molecule has 0 atom stereocenters. The van der Waals surface area contributed by atoms with Gasteiger partial charge in [-0.25, -0.2) is 4.79 Å². The summed E-state index contributed by atoms with van der Waals surface area (Å²) in [5.74, 6) is -0.894. The van der Waals surface area contributed by atoms with Crippen molar-refractivity contribution >= 4 is 12.0 Å². The Balaban J connectivity index is 1.72. The van der Waals surface area contributed by atoms with Crippen molar-refractivity contribution in [3.05, 3.63) is 35.4 Å². The van der Waals surface area contributed by atoms with Gasteiger partial charge in [-0.1, -0.05) is 30.7 Å². The van der Waals surface area contributed by atoms with Gasteiger partial charge in [-0.15, -0.1) is 0 Å². The molecular formula is C16H20N2O3. The van der Waals surface area contributed by atoms with Gasteiger partial charge in [0, 0.05) is 25.0 Å². The maximum Gasteiger partial charge on any atom is 0.317 e. The maximum absolute atomic E-state index is 12.2. The Labute approximate surface area is 123 Å². The van der Waals surface area contributed by atoms with Gasteiger partial charge < -0.3 is 15.3 Å². The normalized spacial score (nSPS) is 18.8. The van der Waals surface area contributed by atoms with Crippen LogP contribution in [0.5, 0.6) is 0 Å². The second-order valence-electron chi connectivity index (χ2n) is 6.02. The molecule has 1 aliphatic carbocycles. The smallest absolute Gasteiger partial charge is 0.317 e. The number of carbonyl (C=O) groups is 2. The van der Waals surface area contributed by atoms with Gasteiger partial charge in [-0.2, -0.15) is 0 Å². The average Bonchev–Trinajstić information content (AvgIpc) is 2.43. The third-order valence-electron chi connectivity index (χ3n) is 4.66. The highest BCUT2D eigenvalue weighted by Gasteiger charge is 2.45. The molecule has 2 aliphatic rings. The van der Waals surface area contributed by atoms with E-state index in [2.05, 4.69) is 23.5 Å². The minimum absolute atomic E-state index is 0.0404. The Hall–Kier alpha value is -2.04. The van der Waals surface area contributed by atoms with Gasteiger partial charge in [0.1, 0.15) is 0 Å². The van der Waals surface area contributed by atoms with E-state index in [1.54, 1.807) is 0 Å². The van der Waals surface area contributed by atoms with E-state index in [-0.39, 0.29) is 24.4 Å². The van der Waals surface area contributed by atoms with Gasteiger partial charge in [-0.3, -0.25) is 4.79 Å². The van der Waals surface area contributed by atoms with Crippen LogP contribution in [0.4, 0.5) is 4.79 Å². The summed E-state index contributed by atoms with van der Waals surface area (Å²) in [5.41, 5.74) is 2.74. The molecule has 1 fully saturated rings. The van der Waals surface area contributed by atoms with Gasteiger partial charge in [0.2, 0.25) is 0 Å². The number of aliphatic carboxylic acids is 1. The monoisotopic (exact) mass is 288 g/mol. The van der Waals surface area contributed by atoms with Gasteiger partial charge in [-0.05, 0) is 24.0 Å². The van der Waals surface area contributed by atoms with Crippen molar-refractivity contribution in [2.45, 2.75) is 37.6 Å². The summed E-state index contributed by atoms with van der Waals surface area (Å²) in [6.07, 6.45) is 3.43. The lowest BCUT2D eigenvalue weighted by molar-refractivity contribution is -0.136. The number of urea groups is 1. The Morgan fingerprint density at radius 2 is 2.05 bits per heavy atom. The molecule has 2 amide bonds. The number of fused-ring (bicyclic) bond motifs is 2. The van der Waals surface area contributed by atoms with E-state index in [1.807, 2.05) is 11.0 Å². The zero-order valence-electron chi connectivity index (χ0n) is 12.0. The molecule has 1 spiro atoms. The highest BCUT2D eigenvalue weighted by atomic mass is 16.4. The summed E-state index contributed by atoms with van der Waals surface area (Å²) >= 11 is 0. The number of nitrogens with zero attached hydrogens (tertiary/aromatic N) is 1. The van der Waals surface area contributed by atoms with Gasteiger partial charge in [0.05, 0.1) is 6.42 Å². The predicted molar refractivity (Wildman–Crippen MR) is 78.0 cm³/mol. The van der Waals surface area contributed by atoms with Crippen molar-refractivity contribution in [2.24, 2.45) is 0 Å². The molecule has 3 rings (SSSR count). The number of hydrogen-bond acceptors (Lipinski definition) is 2. The van der Waals surface area contributed by atoms with E-state index in [4.69, 9.17) is 5.11 Å². The van der Waals surface area contributed by atoms with Crippen molar-refractivity contribution in [3.63, 3.8) is 0 Å². The number of carboxylic acids is 1. The summed E-state index contributed by atoms with van der Waals surface area (Å²) < 4.78 is 0. The molecule has 1 aromatic rings. The zero-order valence-corrected chi connectivity index (χ0v) is 12.0. The van der Waals surface area contributed by atoms with Crippen molar-refractivity contribution < 1.29 is 14.7 Å². The number of carboxylic acid groups (broad SMARTS) is 1. The van der Waals surface area contributed by atoms with Crippen LogP contribution in [-0.4, -0.2) is 35.1 Å². The lowest BCUT2D eigenvalue weighted by Gasteiger charge is -2.49. The standard InChI is InChI=1S/C16H20N2O3/c19-14(20)6-9-17-15(21)18-10-12-4-1-2-5-13(12)16(11-18)7-3-8-16/h1-2,4-5H,3,6-11H2,(H,17,21)(H,19,20). The van der Waals surface area contributed by atoms with E-state index in [0.29, 0.717) is 6.54 Å². The molecular weight excluding hydrogens is 268 g/mol. The highest BCUT2D eigenvalue weighted by molar-refractivity contribution is 5.76. The van der Waals surface area contributed by atoms with Crippen molar-refractivity contribution in [1.29, 1.82) is 0 Å². The molecule has 1 heterocycles. The fraction of sp³-hybridized carbons (Fsp3) is 0.500. The van der Waals surface area contributed by atoms with Crippen LogP contribution in [0.15, 0.2) is 24.3 Å². The van der Waals surface area contributed by atoms with E-state index in [0.717, 1.165) is 19.4 Å². The van der Waals surface area contributed by atoms with Crippen LogP contribution < -0.4 is 5.32 Å². The topological polar surface area (TPSA) is 69.6 Å². The zero-order chi connectivity index (χ0) is 14.9. The van der Waals surface area contributed by atoms with Crippen LogP contribution in [0, 0.1) is 0 Å². The van der Waals surface area contributed by atoms with Crippen LogP contribution in [0.3, 0.4) is 0 Å². The number of amides is 2. The quantitative estimate of drug-likeness (QED) is 0.895. The summed E-state index contributed by atoms with van der Waals surface area (Å²) in [5, 5.41) is 11.3. The molecule has 5 nitrogen and oxygen atoms in total. The summed E-state index contributed by atoms with van der Waals surface area (Å²) in [6.45, 7) is 1.53. The number of benzene rings is 1. The molecule has 112 valence electrons. The summed E-state index contributed by atoms with van der Waals surface area (Å²) in [4.78, 5) is 24.6. The van der Waals surface area contributed by atoms with Crippen molar-refractivity contribution in [1.82, 2.24) is 10.2 Å². The molecule has 2 N–H and O–H groups in total. The largest absolute Gasteiger partial charge is 0.481 e. The third-order valence-corrected chi connectivity index (χ3v) is 4.66. The average molecular weight is 288 g/mol. The van der Waals surface area contributed by atoms with E-state index in [1.165, 1.54) is 17.5 Å². The predicted octanol–water partition coefficient (Wildman–Crippen LogP) is 2.11. The van der Waals surface area contributed by atoms with Crippen LogP contribution in [0.25, 0.3) is 0 Å². The molecule has 21 heavy (non-hydrogen) atoms. The van der Waals surface area contributed by atoms with Gasteiger partial charge in [0.15, 0.2) is 0 Å². The fourth-order valence-electron chi connectivity index (χ4n) is 3.45. The first-order valence-corrected chi connectivity index (χ1v) is 7.44. The third kappa shape index (κ3) is 2.60. The molecule has 0 bridgehead atoms. The van der Waals surface area contributed by atoms with Crippen molar-refractivity contribution in [2.75, 3.05) is 13.1 Å². The molecule has 1 aliphatic heterocycles. The highest BCUT2D eigenvalue weighted by Crippen LogP contribution is 2.48. The SMILES string of the molecule is O=C(O)CCNC(=O)N1Cc2ccccc2C2(CCC2)C1. The van der Waals surface area contributed by atoms with E-state index >= 15 is 0 Å². The molecule has 0 unspecified atom stereocenters. The Morgan fingerprint density at radius 3 is 2.71 bits per heavy atom. The first-order chi connectivity index (χ1) is 10.1. The molecule has 1 saturated carbocycles. The van der Waals surface area contributed by atoms with E-state index < -0.39 is 5.97 Å². The minimum atomic E-state index is -0.894. The molecule has 5 heteroatoms. The fourth-order valence-corrected chi connectivity index (χ4v) is 3.45. The Bertz CT molecular complexity index is 566. The number of nitrogens with one attached hydrogen (secondary N) is 1. The Kier molecular flexibility index (Phi) is 3.57. The second kappa shape index (κ2) is 5.39. The van der Waals surface area contributed by atoms with Gasteiger partial charge in [0.25, 0.3) is 0 Å². The summed E-state index contributed by atoms with van der Waals surface area (Å²) in [6, 6.07) is 8.20. The van der Waals surface area contributed by atoms with Crippen LogP contribution in [0.1, 0.15) is 36.8 Å². The molecule has 1 aromatic carbocycles. The van der Waals surface area contributed by atoms with Crippen LogP contribution in [0.2, 0.25) is 0 Å². The lowest BCUT2D eigenvalue weighted by Crippen LogP contribution is -2.53. The maximum atomic E-state index is 12.2. The molecule has 0 saturated heterocycles. The van der Waals surface area contributed by atoms with Crippen LogP contribution >= 0.6 is 0 Å². The number of hydrogen-bond donors (Lipinski definition) is 2. The Morgan fingerprint density at radius 1 is 1.29 bits per heavy atom. The van der Waals surface area contributed by atoms with Crippen LogP contribution in [-0.2, 0) is 16.8 Å². The van der Waals surface area contributed by atoms with Crippen molar-refractivity contribution in [3.8, 4) is 0 Å².